The second-order valence-corrected chi connectivity index (χ2v) is 9.91. The van der Waals surface area contributed by atoms with Crippen LogP contribution in [0.15, 0.2) is 52.2 Å². The van der Waals surface area contributed by atoms with E-state index in [9.17, 15) is 23.1 Å². The second kappa shape index (κ2) is 8.75. The zero-order valence-corrected chi connectivity index (χ0v) is 19.3. The lowest BCUT2D eigenvalue weighted by atomic mass is 10.1. The molecule has 5 N–H and O–H groups in total. The Morgan fingerprint density at radius 2 is 1.97 bits per heavy atom. The second-order valence-electron chi connectivity index (χ2n) is 8.26. The summed E-state index contributed by atoms with van der Waals surface area (Å²) in [6.45, 7) is 4.05. The van der Waals surface area contributed by atoms with E-state index >= 15 is 0 Å². The number of sulfonamides is 1. The van der Waals surface area contributed by atoms with Gasteiger partial charge in [-0.2, -0.15) is 0 Å². The average molecular weight is 485 g/mol. The third kappa shape index (κ3) is 4.29. The first-order chi connectivity index (χ1) is 16.1. The van der Waals surface area contributed by atoms with E-state index in [2.05, 4.69) is 10.1 Å². The molecule has 2 aromatic carbocycles. The number of primary amides is 1. The lowest BCUT2D eigenvalue weighted by Crippen LogP contribution is -2.36. The molecule has 0 bridgehead atoms. The summed E-state index contributed by atoms with van der Waals surface area (Å²) in [6, 6.07) is 11.0. The van der Waals surface area contributed by atoms with E-state index in [0.717, 1.165) is 0 Å². The molecule has 4 rings (SSSR count). The number of carbonyl (C=O) groups excluding carboxylic acids is 1. The van der Waals surface area contributed by atoms with Crippen LogP contribution in [-0.4, -0.2) is 37.3 Å². The Morgan fingerprint density at radius 1 is 1.24 bits per heavy atom. The van der Waals surface area contributed by atoms with Gasteiger partial charge in [-0.05, 0) is 41.8 Å². The minimum Gasteiger partial charge on any atom is -0.506 e. The number of nitrogens with one attached hydrogen (secondary N) is 2. The van der Waals surface area contributed by atoms with Crippen LogP contribution >= 0.6 is 0 Å². The molecule has 0 saturated carbocycles. The van der Waals surface area contributed by atoms with Crippen molar-refractivity contribution in [3.05, 3.63) is 63.9 Å². The maximum Gasteiger partial charge on any atom is 0.282 e. The van der Waals surface area contributed by atoms with Crippen LogP contribution in [0.4, 0.5) is 0 Å². The molecule has 0 aliphatic carbocycles. The molecule has 1 amide bonds. The summed E-state index contributed by atoms with van der Waals surface area (Å²) in [6.07, 6.45) is 1.46. The van der Waals surface area contributed by atoms with Crippen molar-refractivity contribution >= 4 is 38.6 Å². The van der Waals surface area contributed by atoms with Crippen molar-refractivity contribution in [2.24, 2.45) is 11.7 Å². The van der Waals surface area contributed by atoms with Gasteiger partial charge in [0.15, 0.2) is 6.61 Å². The van der Waals surface area contributed by atoms with Crippen LogP contribution in [0.2, 0.25) is 0 Å². The van der Waals surface area contributed by atoms with Gasteiger partial charge in [-0.25, -0.2) is 13.1 Å². The molecule has 0 radical (unpaired) electrons. The molecular weight excluding hydrogens is 460 g/mol. The SMILES string of the molecule is CC(C)CNn1c(=O)c(C2=Cc3ccc(OCC(N)=O)cc3S(=O)(=O)N2)c(O)c2ccccc21. The zero-order chi connectivity index (χ0) is 24.6. The largest absolute Gasteiger partial charge is 0.506 e. The molecule has 0 fully saturated rings. The predicted molar refractivity (Wildman–Crippen MR) is 128 cm³/mol. The minimum absolute atomic E-state index is 0.0633. The Kier molecular flexibility index (Phi) is 5.96. The van der Waals surface area contributed by atoms with Crippen molar-refractivity contribution in [3.8, 4) is 11.5 Å². The van der Waals surface area contributed by atoms with Gasteiger partial charge < -0.3 is 21.0 Å². The third-order valence-electron chi connectivity index (χ3n) is 5.18. The van der Waals surface area contributed by atoms with E-state index in [1.54, 1.807) is 24.3 Å². The van der Waals surface area contributed by atoms with E-state index in [-0.39, 0.29) is 39.1 Å². The molecule has 11 heteroatoms. The van der Waals surface area contributed by atoms with Gasteiger partial charge in [0, 0.05) is 18.0 Å². The fourth-order valence-electron chi connectivity index (χ4n) is 3.62. The van der Waals surface area contributed by atoms with Gasteiger partial charge in [0.25, 0.3) is 21.5 Å². The van der Waals surface area contributed by atoms with Crippen LogP contribution < -0.4 is 26.2 Å². The lowest BCUT2D eigenvalue weighted by molar-refractivity contribution is -0.119. The lowest BCUT2D eigenvalue weighted by Gasteiger charge is -2.22. The summed E-state index contributed by atoms with van der Waals surface area (Å²) in [4.78, 5) is 24.3. The first kappa shape index (κ1) is 23.2. The molecule has 0 saturated heterocycles. The number of carbonyl (C=O) groups is 1. The van der Waals surface area contributed by atoms with E-state index < -0.39 is 28.1 Å². The van der Waals surface area contributed by atoms with Crippen LogP contribution in [0.25, 0.3) is 22.7 Å². The average Bonchev–Trinajstić information content (AvgIpc) is 2.77. The van der Waals surface area contributed by atoms with Crippen molar-refractivity contribution in [1.82, 2.24) is 9.40 Å². The normalized spacial score (nSPS) is 14.3. The summed E-state index contributed by atoms with van der Waals surface area (Å²) in [5.41, 5.74) is 8.04. The number of hydrogen-bond acceptors (Lipinski definition) is 7. The molecule has 34 heavy (non-hydrogen) atoms. The van der Waals surface area contributed by atoms with Crippen LogP contribution in [0.5, 0.6) is 11.5 Å². The maximum atomic E-state index is 13.4. The van der Waals surface area contributed by atoms with Crippen molar-refractivity contribution in [2.75, 3.05) is 18.6 Å². The van der Waals surface area contributed by atoms with Crippen LogP contribution in [0.3, 0.4) is 0 Å². The number of aromatic nitrogens is 1. The molecule has 178 valence electrons. The van der Waals surface area contributed by atoms with E-state index in [1.165, 1.54) is 29.0 Å². The van der Waals surface area contributed by atoms with E-state index in [0.29, 0.717) is 17.4 Å². The van der Waals surface area contributed by atoms with E-state index in [4.69, 9.17) is 10.5 Å². The number of para-hydroxylation sites is 1. The number of rotatable bonds is 7. The number of nitrogens with zero attached hydrogens (tertiary/aromatic N) is 1. The quantitative estimate of drug-likeness (QED) is 0.397. The Labute approximate surface area is 195 Å². The monoisotopic (exact) mass is 484 g/mol. The standard InChI is InChI=1S/C23H24N4O6S/c1-13(2)11-25-27-18-6-4-3-5-16(18)22(29)21(23(27)30)17-9-14-7-8-15(33-12-20(24)28)10-19(14)34(31,32)26-17/h3-10,13,25-26,29H,11-12H2,1-2H3,(H2,24,28). The summed E-state index contributed by atoms with van der Waals surface area (Å²) in [5, 5.41) is 11.4. The molecule has 10 nitrogen and oxygen atoms in total. The van der Waals surface area contributed by atoms with Crippen LogP contribution in [0, 0.1) is 5.92 Å². The van der Waals surface area contributed by atoms with Crippen molar-refractivity contribution < 1.29 is 23.1 Å². The topological polar surface area (TPSA) is 153 Å². The van der Waals surface area contributed by atoms with Gasteiger partial charge in [0.2, 0.25) is 0 Å². The zero-order valence-electron chi connectivity index (χ0n) is 18.5. The fourth-order valence-corrected chi connectivity index (χ4v) is 4.89. The molecule has 0 spiro atoms. The molecule has 3 aromatic rings. The fraction of sp³-hybridized carbons (Fsp3) is 0.217. The summed E-state index contributed by atoms with van der Waals surface area (Å²) < 4.78 is 34.9. The molecule has 2 heterocycles. The minimum atomic E-state index is -4.12. The number of pyridine rings is 1. The van der Waals surface area contributed by atoms with Crippen LogP contribution in [0.1, 0.15) is 25.0 Å². The Morgan fingerprint density at radius 3 is 2.68 bits per heavy atom. The summed E-state index contributed by atoms with van der Waals surface area (Å²) in [5.74, 6) is -0.654. The van der Waals surface area contributed by atoms with Gasteiger partial charge in [0.1, 0.15) is 17.1 Å². The third-order valence-corrected chi connectivity index (χ3v) is 6.60. The van der Waals surface area contributed by atoms with Gasteiger partial charge >= 0.3 is 0 Å². The number of benzene rings is 2. The number of fused-ring (bicyclic) bond motifs is 2. The Balaban J connectivity index is 1.88. The smallest absolute Gasteiger partial charge is 0.282 e. The van der Waals surface area contributed by atoms with Crippen molar-refractivity contribution in [2.45, 2.75) is 18.7 Å². The van der Waals surface area contributed by atoms with Crippen LogP contribution in [-0.2, 0) is 14.8 Å². The number of nitrogens with two attached hydrogens (primary N) is 1. The molecule has 0 unspecified atom stereocenters. The highest BCUT2D eigenvalue weighted by molar-refractivity contribution is 7.90. The number of amides is 1. The van der Waals surface area contributed by atoms with Gasteiger partial charge in [-0.3, -0.25) is 14.3 Å². The molecule has 0 atom stereocenters. The van der Waals surface area contributed by atoms with Gasteiger partial charge in [-0.15, -0.1) is 0 Å². The molecular formula is C23H24N4O6S. The number of ether oxygens (including phenoxy) is 1. The number of aromatic hydroxyl groups is 1. The first-order valence-electron chi connectivity index (χ1n) is 10.5. The van der Waals surface area contributed by atoms with E-state index in [1.807, 2.05) is 13.8 Å². The molecule has 1 aliphatic heterocycles. The summed E-state index contributed by atoms with van der Waals surface area (Å²) >= 11 is 0. The van der Waals surface area contributed by atoms with Gasteiger partial charge in [0.05, 0.1) is 16.1 Å². The van der Waals surface area contributed by atoms with Crippen molar-refractivity contribution in [3.63, 3.8) is 0 Å². The molecule has 1 aromatic heterocycles. The Bertz CT molecular complexity index is 1490. The molecule has 1 aliphatic rings. The van der Waals surface area contributed by atoms with Crippen molar-refractivity contribution in [1.29, 1.82) is 0 Å². The number of hydrogen-bond donors (Lipinski definition) is 4. The highest BCUT2D eigenvalue weighted by Crippen LogP contribution is 2.35. The Hall–Kier alpha value is -3.99. The first-order valence-corrected chi connectivity index (χ1v) is 12.0. The summed E-state index contributed by atoms with van der Waals surface area (Å²) in [7, 11) is -4.12. The highest BCUT2D eigenvalue weighted by atomic mass is 32.2. The maximum absolute atomic E-state index is 13.4. The highest BCUT2D eigenvalue weighted by Gasteiger charge is 2.29. The van der Waals surface area contributed by atoms with Gasteiger partial charge in [-0.1, -0.05) is 26.0 Å². The predicted octanol–water partition coefficient (Wildman–Crippen LogP) is 1.56.